The average Bonchev–Trinajstić information content (AvgIpc) is 2.36. The van der Waals surface area contributed by atoms with Gasteiger partial charge in [0, 0.05) is 19.0 Å². The van der Waals surface area contributed by atoms with Crippen LogP contribution in [0, 0.1) is 0 Å². The van der Waals surface area contributed by atoms with Gasteiger partial charge in [-0.15, -0.1) is 11.6 Å². The van der Waals surface area contributed by atoms with Crippen LogP contribution in [0.15, 0.2) is 24.3 Å². The molecule has 1 rings (SSSR count). The van der Waals surface area contributed by atoms with E-state index in [0.29, 0.717) is 5.88 Å². The van der Waals surface area contributed by atoms with Crippen LogP contribution in [-0.2, 0) is 11.0 Å². The zero-order valence-corrected chi connectivity index (χ0v) is 14.0. The third kappa shape index (κ3) is 6.97. The molecule has 0 saturated carbocycles. The van der Waals surface area contributed by atoms with E-state index in [1.807, 2.05) is 18.2 Å². The molecular weight excluding hydrogens is 278 g/mol. The fourth-order valence-electron chi connectivity index (χ4n) is 1.79. The van der Waals surface area contributed by atoms with E-state index in [1.165, 1.54) is 5.56 Å². The van der Waals surface area contributed by atoms with Crippen molar-refractivity contribution < 1.29 is 9.16 Å². The quantitative estimate of drug-likeness (QED) is 0.590. The van der Waals surface area contributed by atoms with Crippen molar-refractivity contribution in [3.63, 3.8) is 0 Å². The van der Waals surface area contributed by atoms with Crippen molar-refractivity contribution in [1.29, 1.82) is 0 Å². The lowest BCUT2D eigenvalue weighted by atomic mass is 10.2. The van der Waals surface area contributed by atoms with Gasteiger partial charge in [-0.05, 0) is 37.3 Å². The second-order valence-electron chi connectivity index (χ2n) is 5.49. The van der Waals surface area contributed by atoms with Crippen LogP contribution in [0.3, 0.4) is 0 Å². The van der Waals surface area contributed by atoms with Gasteiger partial charge >= 0.3 is 0 Å². The maximum Gasteiger partial charge on any atom is 0.184 e. The fraction of sp³-hybridized carbons (Fsp3) is 0.571. The van der Waals surface area contributed by atoms with Crippen LogP contribution in [0.25, 0.3) is 0 Å². The standard InChI is InChI=1S/C14H24ClNO2Si/c1-17-13-7-5-6-12(8-13)10-16-11-14(9-15)18-19(2,3)4/h5-8,14,16H,9-11H2,1-4H3. The van der Waals surface area contributed by atoms with Gasteiger partial charge in [0.1, 0.15) is 5.75 Å². The van der Waals surface area contributed by atoms with Crippen LogP contribution in [-0.4, -0.2) is 34.0 Å². The Morgan fingerprint density at radius 1 is 1.32 bits per heavy atom. The minimum absolute atomic E-state index is 0.0824. The van der Waals surface area contributed by atoms with Crippen molar-refractivity contribution in [3.8, 4) is 5.75 Å². The summed E-state index contributed by atoms with van der Waals surface area (Å²) < 4.78 is 11.2. The van der Waals surface area contributed by atoms with Gasteiger partial charge in [0.15, 0.2) is 8.32 Å². The van der Waals surface area contributed by atoms with Crippen molar-refractivity contribution >= 4 is 19.9 Å². The van der Waals surface area contributed by atoms with E-state index < -0.39 is 8.32 Å². The third-order valence-electron chi connectivity index (χ3n) is 2.53. The SMILES string of the molecule is COc1cccc(CNCC(CCl)O[Si](C)(C)C)c1. The molecule has 0 amide bonds. The summed E-state index contributed by atoms with van der Waals surface area (Å²) in [4.78, 5) is 0. The number of alkyl halides is 1. The van der Waals surface area contributed by atoms with E-state index in [4.69, 9.17) is 20.8 Å². The van der Waals surface area contributed by atoms with Gasteiger partial charge < -0.3 is 14.5 Å². The highest BCUT2D eigenvalue weighted by molar-refractivity contribution is 6.69. The number of hydrogen-bond acceptors (Lipinski definition) is 3. The number of ether oxygens (including phenoxy) is 1. The van der Waals surface area contributed by atoms with Crippen LogP contribution in [0.5, 0.6) is 5.75 Å². The summed E-state index contributed by atoms with van der Waals surface area (Å²) in [5.41, 5.74) is 1.20. The van der Waals surface area contributed by atoms with Crippen molar-refractivity contribution in [3.05, 3.63) is 29.8 Å². The minimum Gasteiger partial charge on any atom is -0.497 e. The molecule has 19 heavy (non-hydrogen) atoms. The Morgan fingerprint density at radius 2 is 2.05 bits per heavy atom. The Kier molecular flexibility index (Phi) is 6.86. The molecule has 0 aliphatic heterocycles. The van der Waals surface area contributed by atoms with Gasteiger partial charge in [0.25, 0.3) is 0 Å². The summed E-state index contributed by atoms with van der Waals surface area (Å²) in [6.07, 6.45) is 0.0824. The van der Waals surface area contributed by atoms with Crippen LogP contribution in [0.4, 0.5) is 0 Å². The van der Waals surface area contributed by atoms with E-state index in [2.05, 4.69) is 31.0 Å². The number of benzene rings is 1. The number of hydrogen-bond donors (Lipinski definition) is 1. The zero-order chi connectivity index (χ0) is 14.3. The molecule has 0 saturated heterocycles. The van der Waals surface area contributed by atoms with Gasteiger partial charge in [0.05, 0.1) is 13.2 Å². The Labute approximate surface area is 122 Å². The molecule has 1 atom stereocenters. The number of nitrogens with one attached hydrogen (secondary N) is 1. The van der Waals surface area contributed by atoms with Crippen LogP contribution in [0.1, 0.15) is 5.56 Å². The molecule has 0 heterocycles. The predicted molar refractivity (Wildman–Crippen MR) is 83.6 cm³/mol. The highest BCUT2D eigenvalue weighted by atomic mass is 35.5. The maximum atomic E-state index is 5.99. The first kappa shape index (κ1) is 16.5. The Morgan fingerprint density at radius 3 is 2.63 bits per heavy atom. The average molecular weight is 302 g/mol. The van der Waals surface area contributed by atoms with Crippen LogP contribution < -0.4 is 10.1 Å². The molecule has 1 N–H and O–H groups in total. The van der Waals surface area contributed by atoms with E-state index in [9.17, 15) is 0 Å². The molecule has 0 aromatic heterocycles. The lowest BCUT2D eigenvalue weighted by Crippen LogP contribution is -2.39. The molecule has 3 nitrogen and oxygen atoms in total. The van der Waals surface area contributed by atoms with E-state index in [1.54, 1.807) is 7.11 Å². The molecule has 0 spiro atoms. The van der Waals surface area contributed by atoms with Crippen molar-refractivity contribution in [2.75, 3.05) is 19.5 Å². The number of rotatable bonds is 8. The first-order chi connectivity index (χ1) is 8.94. The molecule has 5 heteroatoms. The normalized spacial score (nSPS) is 13.3. The first-order valence-corrected chi connectivity index (χ1v) is 10.5. The van der Waals surface area contributed by atoms with Crippen LogP contribution >= 0.6 is 11.6 Å². The van der Waals surface area contributed by atoms with Crippen molar-refractivity contribution in [2.45, 2.75) is 32.3 Å². The molecule has 108 valence electrons. The lowest BCUT2D eigenvalue weighted by molar-refractivity contribution is 0.212. The monoisotopic (exact) mass is 301 g/mol. The van der Waals surface area contributed by atoms with Gasteiger partial charge in [-0.25, -0.2) is 0 Å². The molecule has 0 bridgehead atoms. The highest BCUT2D eigenvalue weighted by Gasteiger charge is 2.20. The van der Waals surface area contributed by atoms with Gasteiger partial charge in [-0.1, -0.05) is 12.1 Å². The lowest BCUT2D eigenvalue weighted by Gasteiger charge is -2.25. The highest BCUT2D eigenvalue weighted by Crippen LogP contribution is 2.12. The smallest absolute Gasteiger partial charge is 0.184 e. The Hall–Kier alpha value is -0.553. The number of methoxy groups -OCH3 is 1. The Balaban J connectivity index is 2.39. The summed E-state index contributed by atoms with van der Waals surface area (Å²) in [6, 6.07) is 8.04. The first-order valence-electron chi connectivity index (χ1n) is 6.52. The molecule has 1 aromatic rings. The van der Waals surface area contributed by atoms with Gasteiger partial charge in [0.2, 0.25) is 0 Å². The van der Waals surface area contributed by atoms with Gasteiger partial charge in [-0.2, -0.15) is 0 Å². The summed E-state index contributed by atoms with van der Waals surface area (Å²) in [7, 11) is 0.149. The van der Waals surface area contributed by atoms with E-state index >= 15 is 0 Å². The summed E-state index contributed by atoms with van der Waals surface area (Å²) in [5.74, 6) is 1.40. The molecule has 0 aliphatic carbocycles. The summed E-state index contributed by atoms with van der Waals surface area (Å²) in [5, 5.41) is 3.38. The molecule has 1 aromatic carbocycles. The molecule has 1 unspecified atom stereocenters. The summed E-state index contributed by atoms with van der Waals surface area (Å²) in [6.45, 7) is 8.09. The second kappa shape index (κ2) is 7.90. The number of halogens is 1. The molecule has 0 aliphatic rings. The van der Waals surface area contributed by atoms with E-state index in [0.717, 1.165) is 18.8 Å². The maximum absolute atomic E-state index is 5.99. The largest absolute Gasteiger partial charge is 0.497 e. The molecule has 0 radical (unpaired) electrons. The minimum atomic E-state index is -1.53. The van der Waals surface area contributed by atoms with Crippen LogP contribution in [0.2, 0.25) is 19.6 Å². The van der Waals surface area contributed by atoms with Crippen molar-refractivity contribution in [1.82, 2.24) is 5.32 Å². The van der Waals surface area contributed by atoms with Crippen molar-refractivity contribution in [2.24, 2.45) is 0 Å². The zero-order valence-electron chi connectivity index (χ0n) is 12.2. The fourth-order valence-corrected chi connectivity index (χ4v) is 3.23. The topological polar surface area (TPSA) is 30.5 Å². The predicted octanol–water partition coefficient (Wildman–Crippen LogP) is 3.24. The summed E-state index contributed by atoms with van der Waals surface area (Å²) >= 11 is 5.94. The molecule has 0 fully saturated rings. The Bertz CT molecular complexity index is 382. The molecular formula is C14H24ClNO2Si. The third-order valence-corrected chi connectivity index (χ3v) is 3.91. The second-order valence-corrected chi connectivity index (χ2v) is 10.3. The van der Waals surface area contributed by atoms with Gasteiger partial charge in [-0.3, -0.25) is 0 Å². The van der Waals surface area contributed by atoms with E-state index in [-0.39, 0.29) is 6.10 Å².